The maximum Gasteiger partial charge on any atom is 0.126 e. The average Bonchev–Trinajstić information content (AvgIpc) is 2.68. The van der Waals surface area contributed by atoms with E-state index in [0.29, 0.717) is 5.82 Å². The summed E-state index contributed by atoms with van der Waals surface area (Å²) in [6.45, 7) is 6.28. The van der Waals surface area contributed by atoms with Gasteiger partial charge in [0.2, 0.25) is 0 Å². The van der Waals surface area contributed by atoms with Gasteiger partial charge in [-0.25, -0.2) is 5.43 Å². The number of benzene rings is 1. The van der Waals surface area contributed by atoms with Crippen LogP contribution in [0, 0.1) is 20.8 Å². The van der Waals surface area contributed by atoms with Crippen LogP contribution in [0.3, 0.4) is 0 Å². The van der Waals surface area contributed by atoms with Gasteiger partial charge in [0.15, 0.2) is 0 Å². The van der Waals surface area contributed by atoms with Crippen molar-refractivity contribution >= 4 is 5.82 Å². The highest BCUT2D eigenvalue weighted by Gasteiger charge is 2.20. The van der Waals surface area contributed by atoms with Gasteiger partial charge in [-0.1, -0.05) is 12.1 Å². The Balaban J connectivity index is 2.54. The lowest BCUT2D eigenvalue weighted by Crippen LogP contribution is -2.30. The smallest absolute Gasteiger partial charge is 0.126 e. The van der Waals surface area contributed by atoms with Crippen molar-refractivity contribution in [3.8, 4) is 0 Å². The molecule has 2 aromatic rings. The molecule has 5 heteroatoms. The van der Waals surface area contributed by atoms with Gasteiger partial charge in [0.1, 0.15) is 5.82 Å². The zero-order valence-corrected chi connectivity index (χ0v) is 11.9. The average molecular weight is 259 g/mol. The first-order chi connectivity index (χ1) is 8.95. The summed E-state index contributed by atoms with van der Waals surface area (Å²) >= 11 is 0. The highest BCUT2D eigenvalue weighted by atomic mass is 15.3. The molecule has 102 valence electrons. The minimum atomic E-state index is -0.145. The number of nitrogens with one attached hydrogen (secondary N) is 1. The summed E-state index contributed by atoms with van der Waals surface area (Å²) in [5.74, 6) is 6.35. The molecule has 1 atom stereocenters. The Hall–Kier alpha value is -1.85. The van der Waals surface area contributed by atoms with E-state index in [4.69, 9.17) is 11.6 Å². The first-order valence-corrected chi connectivity index (χ1v) is 6.27. The topological polar surface area (TPSA) is 81.9 Å². The van der Waals surface area contributed by atoms with Gasteiger partial charge in [-0.3, -0.25) is 10.5 Å². The number of nitrogen functional groups attached to an aromatic ring is 1. The van der Waals surface area contributed by atoms with E-state index in [2.05, 4.69) is 43.4 Å². The van der Waals surface area contributed by atoms with Gasteiger partial charge in [0.25, 0.3) is 0 Å². The Kier molecular flexibility index (Phi) is 3.59. The van der Waals surface area contributed by atoms with Gasteiger partial charge in [-0.2, -0.15) is 5.10 Å². The van der Waals surface area contributed by atoms with Gasteiger partial charge < -0.3 is 5.73 Å². The Labute approximate surface area is 113 Å². The zero-order chi connectivity index (χ0) is 14.2. The number of hydrogen-bond donors (Lipinski definition) is 3. The van der Waals surface area contributed by atoms with Crippen molar-refractivity contribution in [2.24, 2.45) is 12.9 Å². The van der Waals surface area contributed by atoms with Crippen molar-refractivity contribution in [2.45, 2.75) is 26.8 Å². The van der Waals surface area contributed by atoms with Gasteiger partial charge in [-0.15, -0.1) is 0 Å². The van der Waals surface area contributed by atoms with Crippen molar-refractivity contribution in [1.82, 2.24) is 15.2 Å². The standard InChI is InChI=1S/C14H21N5/c1-8-5-10(3)11(6-9(8)2)13(18-16)12-7-17-19(4)14(12)15/h5-7,13,18H,15-16H2,1-4H3. The van der Waals surface area contributed by atoms with Crippen LogP contribution in [0.25, 0.3) is 0 Å². The maximum absolute atomic E-state index is 6.04. The molecule has 1 aromatic heterocycles. The van der Waals surface area contributed by atoms with Gasteiger partial charge in [0, 0.05) is 12.6 Å². The third-order valence-electron chi connectivity index (χ3n) is 3.69. The summed E-state index contributed by atoms with van der Waals surface area (Å²) in [7, 11) is 1.82. The molecule has 1 unspecified atom stereocenters. The fourth-order valence-corrected chi connectivity index (χ4v) is 2.33. The second kappa shape index (κ2) is 5.03. The van der Waals surface area contributed by atoms with Crippen LogP contribution in [-0.4, -0.2) is 9.78 Å². The summed E-state index contributed by atoms with van der Waals surface area (Å²) in [5.41, 5.74) is 14.6. The van der Waals surface area contributed by atoms with E-state index in [-0.39, 0.29) is 6.04 Å². The second-order valence-corrected chi connectivity index (χ2v) is 5.00. The molecule has 0 bridgehead atoms. The number of hydrogen-bond acceptors (Lipinski definition) is 4. The summed E-state index contributed by atoms with van der Waals surface area (Å²) in [5, 5.41) is 4.18. The Morgan fingerprint density at radius 1 is 1.11 bits per heavy atom. The van der Waals surface area contributed by atoms with E-state index in [1.165, 1.54) is 16.7 Å². The lowest BCUT2D eigenvalue weighted by atomic mass is 9.93. The van der Waals surface area contributed by atoms with Crippen LogP contribution in [0.2, 0.25) is 0 Å². The van der Waals surface area contributed by atoms with Crippen molar-refractivity contribution < 1.29 is 0 Å². The normalized spacial score (nSPS) is 12.7. The SMILES string of the molecule is Cc1cc(C)c(C(NN)c2cnn(C)c2N)cc1C. The predicted octanol–water partition coefficient (Wildman–Crippen LogP) is 1.48. The molecule has 0 radical (unpaired) electrons. The lowest BCUT2D eigenvalue weighted by Gasteiger charge is -2.20. The van der Waals surface area contributed by atoms with E-state index in [1.54, 1.807) is 10.9 Å². The second-order valence-electron chi connectivity index (χ2n) is 5.00. The monoisotopic (exact) mass is 259 g/mol. The number of nitrogens with two attached hydrogens (primary N) is 2. The Morgan fingerprint density at radius 2 is 1.74 bits per heavy atom. The maximum atomic E-state index is 6.04. The van der Waals surface area contributed by atoms with Crippen molar-refractivity contribution in [3.05, 3.63) is 46.1 Å². The molecule has 0 amide bonds. The quantitative estimate of drug-likeness (QED) is 0.576. The van der Waals surface area contributed by atoms with Crippen LogP contribution in [0.5, 0.6) is 0 Å². The van der Waals surface area contributed by atoms with Gasteiger partial charge >= 0.3 is 0 Å². The van der Waals surface area contributed by atoms with Crippen LogP contribution in [0.15, 0.2) is 18.3 Å². The van der Waals surface area contributed by atoms with Crippen molar-refractivity contribution in [2.75, 3.05) is 5.73 Å². The van der Waals surface area contributed by atoms with Crippen LogP contribution in [0.4, 0.5) is 5.82 Å². The fourth-order valence-electron chi connectivity index (χ4n) is 2.33. The van der Waals surface area contributed by atoms with E-state index in [9.17, 15) is 0 Å². The van der Waals surface area contributed by atoms with Crippen LogP contribution < -0.4 is 17.0 Å². The Bertz CT molecular complexity index is 600. The summed E-state index contributed by atoms with van der Waals surface area (Å²) < 4.78 is 1.65. The Morgan fingerprint density at radius 3 is 2.26 bits per heavy atom. The first-order valence-electron chi connectivity index (χ1n) is 6.27. The molecule has 0 aliphatic heterocycles. The fraction of sp³-hybridized carbons (Fsp3) is 0.357. The molecule has 19 heavy (non-hydrogen) atoms. The molecule has 5 N–H and O–H groups in total. The molecule has 1 aromatic carbocycles. The van der Waals surface area contributed by atoms with Crippen LogP contribution in [0.1, 0.15) is 33.9 Å². The summed E-state index contributed by atoms with van der Waals surface area (Å²) in [6.07, 6.45) is 1.76. The minimum Gasteiger partial charge on any atom is -0.384 e. The van der Waals surface area contributed by atoms with E-state index in [0.717, 1.165) is 11.1 Å². The number of anilines is 1. The zero-order valence-electron chi connectivity index (χ0n) is 11.9. The molecule has 0 fully saturated rings. The predicted molar refractivity (Wildman–Crippen MR) is 77.4 cm³/mol. The molecule has 0 spiro atoms. The number of rotatable bonds is 3. The highest BCUT2D eigenvalue weighted by molar-refractivity contribution is 5.48. The van der Waals surface area contributed by atoms with Crippen molar-refractivity contribution in [3.63, 3.8) is 0 Å². The number of aryl methyl sites for hydroxylation is 4. The summed E-state index contributed by atoms with van der Waals surface area (Å²) in [6, 6.07) is 4.18. The van der Waals surface area contributed by atoms with E-state index < -0.39 is 0 Å². The number of aromatic nitrogens is 2. The van der Waals surface area contributed by atoms with E-state index >= 15 is 0 Å². The molecular formula is C14H21N5. The van der Waals surface area contributed by atoms with E-state index in [1.807, 2.05) is 7.05 Å². The summed E-state index contributed by atoms with van der Waals surface area (Å²) in [4.78, 5) is 0. The highest BCUT2D eigenvalue weighted by Crippen LogP contribution is 2.29. The third kappa shape index (κ3) is 2.34. The molecule has 0 saturated heterocycles. The molecule has 0 aliphatic carbocycles. The first kappa shape index (κ1) is 13.6. The molecule has 0 aliphatic rings. The number of nitrogens with zero attached hydrogens (tertiary/aromatic N) is 2. The molecule has 5 nitrogen and oxygen atoms in total. The van der Waals surface area contributed by atoms with Crippen LogP contribution >= 0.6 is 0 Å². The van der Waals surface area contributed by atoms with Gasteiger partial charge in [0.05, 0.1) is 12.2 Å². The minimum absolute atomic E-state index is 0.145. The largest absolute Gasteiger partial charge is 0.384 e. The molecule has 0 saturated carbocycles. The number of hydrazine groups is 1. The lowest BCUT2D eigenvalue weighted by molar-refractivity contribution is 0.634. The molecule has 1 heterocycles. The van der Waals surface area contributed by atoms with Gasteiger partial charge in [-0.05, 0) is 43.0 Å². The molecule has 2 rings (SSSR count). The van der Waals surface area contributed by atoms with Crippen molar-refractivity contribution in [1.29, 1.82) is 0 Å². The third-order valence-corrected chi connectivity index (χ3v) is 3.69. The molecular weight excluding hydrogens is 238 g/mol. The van der Waals surface area contributed by atoms with Crippen LogP contribution in [-0.2, 0) is 7.05 Å².